The van der Waals surface area contributed by atoms with Crippen LogP contribution in [0.15, 0.2) is 267 Å². The quantitative estimate of drug-likeness (QED) is 0.0199. The van der Waals surface area contributed by atoms with E-state index in [1.807, 2.05) is 131 Å². The van der Waals surface area contributed by atoms with Crippen LogP contribution < -0.4 is 35.4 Å². The van der Waals surface area contributed by atoms with E-state index in [-0.39, 0.29) is 34.1 Å². The number of methoxy groups -OCH3 is 2. The second kappa shape index (κ2) is 57.9. The lowest BCUT2D eigenvalue weighted by Gasteiger charge is -2.18. The fourth-order valence-corrected chi connectivity index (χ4v) is 10.3. The largest absolute Gasteiger partial charge is 0.478 e. The minimum atomic E-state index is -1.05. The van der Waals surface area contributed by atoms with Gasteiger partial charge in [0.2, 0.25) is 34.6 Å². The standard InChI is InChI=1S/C21H28N2O2.C19H22N2O2.C16H15NO3.C15H13NO3.C9H9Cl.C7H7NO3.C6H5NO3.C4H11N/c1-5-16(4)18-10-8-17(9-11-18)15-25-20-13-12-19(14-22-20)21(24)23(6-2)7-3;1-4-15-7-9-16(10-8-15)14-23-18-12-11-17(13-20-18)19(22)21(5-2)6-3;1-3-12-4-6-13(7-5-12)11-20-15-9-8-14(10-17-15)16(18)19-2;1-2-11-3-5-12(6-4-11)10-19-14-8-7-13(9-16-14)15(17)18;1-2-8-3-5-9(7-10)6-4-8;1-11-7(10)5-2-3-6(9)8-4-5;8-5-2-1-4(3-7-5)6(9)10;1-3-5-4-2/h8-14,16H,5-7,15H2,1-4H3;4,7-13H,1,5-6,14H2,2-3H3;3-10H,1,11H2,2H3;2-9H,1,10H2,(H,17,18);2-6H,1,7H2;2-4H,1H3,(H,8,9);1-3H,(H,7,8)(H,9,10);5H,3-4H2,1-2H3. The summed E-state index contributed by atoms with van der Waals surface area (Å²) in [5.74, 6) is 0.142. The Morgan fingerprint density at radius 2 is 0.683 bits per heavy atom. The first-order valence-corrected chi connectivity index (χ1v) is 40.1. The number of nitrogens with zero attached hydrogens (tertiary/aromatic N) is 6. The van der Waals surface area contributed by atoms with Crippen LogP contribution in [0, 0.1) is 0 Å². The number of amides is 2. The molecule has 0 aliphatic carbocycles. The first-order chi connectivity index (χ1) is 59.4. The number of halogens is 1. The van der Waals surface area contributed by atoms with Crippen molar-refractivity contribution in [2.45, 2.75) is 100 Å². The summed E-state index contributed by atoms with van der Waals surface area (Å²) in [5.41, 5.74) is 12.6. The molecule has 0 aliphatic heterocycles. The highest BCUT2D eigenvalue weighted by Crippen LogP contribution is 2.22. The van der Waals surface area contributed by atoms with Crippen molar-refractivity contribution in [3.05, 3.63) is 367 Å². The van der Waals surface area contributed by atoms with Crippen molar-refractivity contribution in [2.24, 2.45) is 0 Å². The molecule has 11 rings (SSSR count). The van der Waals surface area contributed by atoms with E-state index >= 15 is 0 Å². The van der Waals surface area contributed by atoms with Gasteiger partial charge < -0.3 is 63.7 Å². The lowest BCUT2D eigenvalue weighted by Crippen LogP contribution is -2.30. The zero-order chi connectivity index (χ0) is 90.3. The van der Waals surface area contributed by atoms with Crippen molar-refractivity contribution in [2.75, 3.05) is 53.5 Å². The number of H-pyrrole nitrogens is 2. The molecular formula is C97H110ClN9O16. The van der Waals surface area contributed by atoms with Gasteiger partial charge in [-0.05, 0) is 145 Å². The molecule has 0 aliphatic rings. The van der Waals surface area contributed by atoms with E-state index in [0.29, 0.717) is 110 Å². The molecule has 6 heterocycles. The van der Waals surface area contributed by atoms with Crippen LogP contribution in [0.25, 0.3) is 24.3 Å². The van der Waals surface area contributed by atoms with Crippen molar-refractivity contribution in [1.29, 1.82) is 0 Å². The average Bonchev–Trinajstić information content (AvgIpc) is 0.843. The van der Waals surface area contributed by atoms with Crippen LogP contribution in [-0.2, 0) is 41.8 Å². The third kappa shape index (κ3) is 38.2. The maximum absolute atomic E-state index is 12.3. The fourth-order valence-electron chi connectivity index (χ4n) is 10.1. The molecule has 0 bridgehead atoms. The Kier molecular flexibility index (Phi) is 47.6. The Morgan fingerprint density at radius 1 is 0.398 bits per heavy atom. The number of rotatable bonds is 31. The van der Waals surface area contributed by atoms with Crippen molar-refractivity contribution in [3.63, 3.8) is 0 Å². The summed E-state index contributed by atoms with van der Waals surface area (Å²) >= 11 is 5.60. The molecule has 1 atom stereocenters. The molecule has 646 valence electrons. The van der Waals surface area contributed by atoms with Gasteiger partial charge in [-0.25, -0.2) is 39.1 Å². The highest BCUT2D eigenvalue weighted by molar-refractivity contribution is 6.17. The van der Waals surface area contributed by atoms with Crippen molar-refractivity contribution in [3.8, 4) is 23.5 Å². The fraction of sp³-hybridized carbons (Fsp3) is 0.237. The number of hydrogen-bond donors (Lipinski definition) is 5. The summed E-state index contributed by atoms with van der Waals surface area (Å²) in [5, 5.41) is 20.2. The molecule has 25 nitrogen and oxygen atoms in total. The number of aromatic amines is 2. The average molecular weight is 1690 g/mol. The maximum atomic E-state index is 12.3. The van der Waals surface area contributed by atoms with Crippen molar-refractivity contribution >= 4 is 71.6 Å². The van der Waals surface area contributed by atoms with Gasteiger partial charge in [0.05, 0.1) is 47.6 Å². The number of carboxylic acids is 2. The Morgan fingerprint density at radius 3 is 0.927 bits per heavy atom. The lowest BCUT2D eigenvalue weighted by molar-refractivity contribution is 0.0591. The predicted molar refractivity (Wildman–Crippen MR) is 485 cm³/mol. The summed E-state index contributed by atoms with van der Waals surface area (Å²) in [4.78, 5) is 113. The van der Waals surface area contributed by atoms with Crippen LogP contribution in [0.5, 0.6) is 23.5 Å². The third-order valence-corrected chi connectivity index (χ3v) is 18.0. The predicted octanol–water partition coefficient (Wildman–Crippen LogP) is 18.5. The second-order valence-corrected chi connectivity index (χ2v) is 26.3. The molecule has 0 saturated carbocycles. The molecule has 1 unspecified atom stereocenters. The monoisotopic (exact) mass is 1690 g/mol. The Balaban J connectivity index is 0.000000305. The summed E-state index contributed by atoms with van der Waals surface area (Å²) in [6.07, 6.45) is 16.7. The number of carbonyl (C=O) groups excluding carboxylic acids is 4. The Bertz CT molecular complexity index is 5080. The molecule has 0 fully saturated rings. The number of carboxylic acid groups (broad SMARTS) is 2. The molecule has 6 aromatic heterocycles. The van der Waals surface area contributed by atoms with Gasteiger partial charge in [-0.15, -0.1) is 11.6 Å². The van der Waals surface area contributed by atoms with E-state index < -0.39 is 23.9 Å². The number of carbonyl (C=O) groups is 6. The number of aromatic nitrogens is 6. The Hall–Kier alpha value is -14.2. The lowest BCUT2D eigenvalue weighted by atomic mass is 9.98. The molecule has 123 heavy (non-hydrogen) atoms. The zero-order valence-corrected chi connectivity index (χ0v) is 72.1. The van der Waals surface area contributed by atoms with E-state index in [2.05, 4.69) is 123 Å². The van der Waals surface area contributed by atoms with Gasteiger partial charge in [-0.2, -0.15) is 0 Å². The molecule has 5 aromatic carbocycles. The van der Waals surface area contributed by atoms with Crippen molar-refractivity contribution in [1.82, 2.24) is 45.0 Å². The van der Waals surface area contributed by atoms with Crippen LogP contribution >= 0.6 is 11.6 Å². The Labute approximate surface area is 724 Å². The third-order valence-electron chi connectivity index (χ3n) is 17.7. The minimum absolute atomic E-state index is 0.00434. The van der Waals surface area contributed by atoms with E-state index in [0.717, 1.165) is 75.8 Å². The van der Waals surface area contributed by atoms with E-state index in [9.17, 15) is 38.4 Å². The smallest absolute Gasteiger partial charge is 0.339 e. The van der Waals surface area contributed by atoms with Crippen LogP contribution in [-0.4, -0.2) is 139 Å². The number of esters is 2. The molecule has 0 spiro atoms. The van der Waals surface area contributed by atoms with Gasteiger partial charge in [-0.3, -0.25) is 19.2 Å². The van der Waals surface area contributed by atoms with E-state index in [1.165, 1.54) is 68.7 Å². The van der Waals surface area contributed by atoms with Crippen LogP contribution in [0.3, 0.4) is 0 Å². The van der Waals surface area contributed by atoms with Crippen LogP contribution in [0.2, 0.25) is 0 Å². The zero-order valence-electron chi connectivity index (χ0n) is 71.3. The first kappa shape index (κ1) is 101. The number of benzene rings is 5. The molecular weight excluding hydrogens is 1580 g/mol. The van der Waals surface area contributed by atoms with Crippen LogP contribution in [0.1, 0.15) is 186 Å². The number of pyridine rings is 6. The normalized spacial score (nSPS) is 10.1. The van der Waals surface area contributed by atoms with Gasteiger partial charge in [-0.1, -0.05) is 200 Å². The summed E-state index contributed by atoms with van der Waals surface area (Å²) in [7, 11) is 2.62. The maximum Gasteiger partial charge on any atom is 0.339 e. The summed E-state index contributed by atoms with van der Waals surface area (Å²) in [6, 6.07) is 58.6. The van der Waals surface area contributed by atoms with Gasteiger partial charge in [0.15, 0.2) is 0 Å². The number of ether oxygens (including phenoxy) is 6. The molecule has 5 N–H and O–H groups in total. The molecule has 11 aromatic rings. The summed E-state index contributed by atoms with van der Waals surface area (Å²) < 4.78 is 31.4. The summed E-state index contributed by atoms with van der Waals surface area (Å²) in [6.45, 7) is 37.9. The second-order valence-electron chi connectivity index (χ2n) is 26.1. The first-order valence-electron chi connectivity index (χ1n) is 39.5. The number of aromatic carboxylic acids is 2. The minimum Gasteiger partial charge on any atom is -0.478 e. The van der Waals surface area contributed by atoms with Gasteiger partial charge in [0.1, 0.15) is 26.4 Å². The van der Waals surface area contributed by atoms with E-state index in [1.54, 1.807) is 82.9 Å². The highest BCUT2D eigenvalue weighted by Gasteiger charge is 2.16. The topological polar surface area (TPSA) is 334 Å². The van der Waals surface area contributed by atoms with Gasteiger partial charge in [0, 0.05) is 106 Å². The molecule has 2 amide bonds. The molecule has 26 heteroatoms. The highest BCUT2D eigenvalue weighted by atomic mass is 35.5. The van der Waals surface area contributed by atoms with Crippen LogP contribution in [0.4, 0.5) is 0 Å². The molecule has 0 radical (unpaired) electrons. The number of alkyl halides is 1. The number of hydrogen-bond acceptors (Lipinski definition) is 19. The van der Waals surface area contributed by atoms with E-state index in [4.69, 9.17) is 40.8 Å². The van der Waals surface area contributed by atoms with Gasteiger partial charge in [0.25, 0.3) is 11.8 Å². The van der Waals surface area contributed by atoms with Gasteiger partial charge >= 0.3 is 23.9 Å². The van der Waals surface area contributed by atoms with Crippen molar-refractivity contribution < 1.29 is 67.4 Å². The SMILES string of the molecule is C=Cc1ccc(CCl)cc1.C=Cc1ccc(COc2ccc(C(=O)N(CC)CC)cn2)cc1.C=Cc1ccc(COc2ccc(C(=O)O)cn2)cc1.C=Cc1ccc(COc2ccc(C(=O)OC)cn2)cc1.CCC(C)c1ccc(COc2ccc(C(=O)N(CC)CC)cn2)cc1.CCNCC.COC(=O)c1ccc(=O)[nH]c1.O=C(O)c1ccc(=O)[nH]c1. The number of nitrogens with one attached hydrogen (secondary N) is 3. The molecule has 0 saturated heterocycles.